The lowest BCUT2D eigenvalue weighted by Crippen LogP contribution is -2.58. The zero-order valence-electron chi connectivity index (χ0n) is 19.5. The summed E-state index contributed by atoms with van der Waals surface area (Å²) in [5.41, 5.74) is 0.261. The first-order chi connectivity index (χ1) is 14.4. The monoisotopic (exact) mass is 415 g/mol. The molecule has 170 valence electrons. The van der Waals surface area contributed by atoms with E-state index in [1.807, 2.05) is 0 Å². The number of piperidine rings is 2. The molecule has 2 N–H and O–H groups in total. The van der Waals surface area contributed by atoms with Crippen molar-refractivity contribution in [1.82, 2.24) is 4.90 Å². The van der Waals surface area contributed by atoms with Gasteiger partial charge in [-0.1, -0.05) is 20.8 Å². The van der Waals surface area contributed by atoms with E-state index in [1.54, 1.807) is 0 Å². The molecular formula is C27H45NO2. The lowest BCUT2D eigenvalue weighted by Gasteiger charge is -2.56. The van der Waals surface area contributed by atoms with Crippen molar-refractivity contribution in [2.75, 3.05) is 13.1 Å². The lowest BCUT2D eigenvalue weighted by atomic mass is 9.51. The van der Waals surface area contributed by atoms with Gasteiger partial charge in [-0.05, 0) is 116 Å². The molecule has 2 aliphatic heterocycles. The van der Waals surface area contributed by atoms with E-state index in [4.69, 9.17) is 0 Å². The molecule has 13 atom stereocenters. The molecule has 6 aliphatic rings. The summed E-state index contributed by atoms with van der Waals surface area (Å²) < 4.78 is 0. The first-order valence-electron chi connectivity index (χ1n) is 13.5. The predicted octanol–water partition coefficient (Wildman–Crippen LogP) is 4.56. The van der Waals surface area contributed by atoms with Gasteiger partial charge in [0.1, 0.15) is 0 Å². The standard InChI is InChI=1S/C27H45NO2/c1-15-4-7-25-16(2)18-5-6-19-20(22(18)14-28(25)13-15)11-23-21(19)12-26(30)24-10-17(29)8-9-27(23,24)3/h15-26,29-30H,4-14H2,1-3H3/t15-,16-,17+,18-,19-,20-,21+,22-,23+,24-,25+,26+,27-/m1/s1. The second-order valence-electron chi connectivity index (χ2n) is 13.1. The maximum Gasteiger partial charge on any atom is 0.0577 e. The maximum absolute atomic E-state index is 11.2. The molecule has 6 fully saturated rings. The molecule has 6 rings (SSSR count). The summed E-state index contributed by atoms with van der Waals surface area (Å²) in [4.78, 5) is 2.92. The highest BCUT2D eigenvalue weighted by Crippen LogP contribution is 2.67. The van der Waals surface area contributed by atoms with Crippen LogP contribution in [0.4, 0.5) is 0 Å². The highest BCUT2D eigenvalue weighted by Gasteiger charge is 2.62. The predicted molar refractivity (Wildman–Crippen MR) is 120 cm³/mol. The molecular weight excluding hydrogens is 370 g/mol. The molecule has 0 aromatic heterocycles. The third-order valence-electron chi connectivity index (χ3n) is 12.0. The van der Waals surface area contributed by atoms with Crippen LogP contribution in [-0.4, -0.2) is 46.5 Å². The van der Waals surface area contributed by atoms with Crippen molar-refractivity contribution in [2.24, 2.45) is 58.7 Å². The highest BCUT2D eigenvalue weighted by atomic mass is 16.3. The van der Waals surface area contributed by atoms with Gasteiger partial charge in [0.25, 0.3) is 0 Å². The van der Waals surface area contributed by atoms with Crippen molar-refractivity contribution in [1.29, 1.82) is 0 Å². The SMILES string of the molecule is C[C@@H]1CC[C@H]2[C@H](C)[C@H]3CC[C@@H]4[C@@H](C[C@H]5[C@H]4C[C@H](O)[C@H]4C[C@@H](O)CC[C@@]45C)[C@@H]3CN2C1. The van der Waals surface area contributed by atoms with Crippen LogP contribution in [0.5, 0.6) is 0 Å². The maximum atomic E-state index is 11.2. The fraction of sp³-hybridized carbons (Fsp3) is 1.00. The van der Waals surface area contributed by atoms with E-state index in [-0.39, 0.29) is 17.6 Å². The van der Waals surface area contributed by atoms with Gasteiger partial charge >= 0.3 is 0 Å². The van der Waals surface area contributed by atoms with E-state index in [0.29, 0.717) is 5.92 Å². The van der Waals surface area contributed by atoms with Gasteiger partial charge in [0, 0.05) is 19.1 Å². The summed E-state index contributed by atoms with van der Waals surface area (Å²) in [5.74, 6) is 7.22. The second-order valence-corrected chi connectivity index (χ2v) is 13.1. The molecule has 4 saturated carbocycles. The number of hydrogen-bond donors (Lipinski definition) is 2. The van der Waals surface area contributed by atoms with Gasteiger partial charge in [0.2, 0.25) is 0 Å². The van der Waals surface area contributed by atoms with Crippen LogP contribution < -0.4 is 0 Å². The Morgan fingerprint density at radius 2 is 1.53 bits per heavy atom. The highest BCUT2D eigenvalue weighted by molar-refractivity contribution is 5.12. The minimum Gasteiger partial charge on any atom is -0.393 e. The van der Waals surface area contributed by atoms with Crippen molar-refractivity contribution >= 4 is 0 Å². The van der Waals surface area contributed by atoms with Crippen LogP contribution in [0.3, 0.4) is 0 Å². The first-order valence-corrected chi connectivity index (χ1v) is 13.5. The van der Waals surface area contributed by atoms with Crippen molar-refractivity contribution < 1.29 is 10.2 Å². The molecule has 0 aromatic carbocycles. The van der Waals surface area contributed by atoms with Crippen molar-refractivity contribution in [3.05, 3.63) is 0 Å². The van der Waals surface area contributed by atoms with Crippen LogP contribution in [0.25, 0.3) is 0 Å². The van der Waals surface area contributed by atoms with Gasteiger partial charge in [-0.15, -0.1) is 0 Å². The van der Waals surface area contributed by atoms with Gasteiger partial charge in [-0.2, -0.15) is 0 Å². The fourth-order valence-corrected chi connectivity index (χ4v) is 10.6. The van der Waals surface area contributed by atoms with E-state index in [9.17, 15) is 10.2 Å². The van der Waals surface area contributed by atoms with Gasteiger partial charge in [0.05, 0.1) is 12.2 Å². The molecule has 0 spiro atoms. The molecule has 3 heteroatoms. The lowest BCUT2D eigenvalue weighted by molar-refractivity contribution is -0.130. The summed E-state index contributed by atoms with van der Waals surface area (Å²) in [6.07, 6.45) is 10.7. The zero-order valence-corrected chi connectivity index (χ0v) is 19.5. The Morgan fingerprint density at radius 3 is 2.37 bits per heavy atom. The van der Waals surface area contributed by atoms with Crippen LogP contribution >= 0.6 is 0 Å². The average Bonchev–Trinajstić information content (AvgIpc) is 3.09. The van der Waals surface area contributed by atoms with E-state index < -0.39 is 0 Å². The quantitative estimate of drug-likeness (QED) is 0.609. The molecule has 2 saturated heterocycles. The molecule has 0 unspecified atom stereocenters. The van der Waals surface area contributed by atoms with Crippen molar-refractivity contribution in [3.63, 3.8) is 0 Å². The largest absolute Gasteiger partial charge is 0.393 e. The van der Waals surface area contributed by atoms with Crippen LogP contribution in [-0.2, 0) is 0 Å². The summed E-state index contributed by atoms with van der Waals surface area (Å²) >= 11 is 0. The van der Waals surface area contributed by atoms with Gasteiger partial charge in [-0.3, -0.25) is 4.90 Å². The topological polar surface area (TPSA) is 43.7 Å². The van der Waals surface area contributed by atoms with E-state index in [1.165, 1.54) is 45.2 Å². The molecule has 0 aromatic rings. The fourth-order valence-electron chi connectivity index (χ4n) is 10.6. The van der Waals surface area contributed by atoms with Crippen LogP contribution in [0.2, 0.25) is 0 Å². The number of nitrogens with zero attached hydrogens (tertiary/aromatic N) is 1. The first kappa shape index (κ1) is 20.5. The summed E-state index contributed by atoms with van der Waals surface area (Å²) in [7, 11) is 0. The summed E-state index contributed by atoms with van der Waals surface area (Å²) in [5, 5.41) is 21.5. The number of hydrogen-bond acceptors (Lipinski definition) is 3. The number of aliphatic hydroxyl groups is 2. The summed E-state index contributed by atoms with van der Waals surface area (Å²) in [6, 6.07) is 0.853. The van der Waals surface area contributed by atoms with Crippen molar-refractivity contribution in [3.8, 4) is 0 Å². The van der Waals surface area contributed by atoms with E-state index >= 15 is 0 Å². The Bertz CT molecular complexity index is 665. The molecule has 0 bridgehead atoms. The zero-order chi connectivity index (χ0) is 20.8. The van der Waals surface area contributed by atoms with Gasteiger partial charge in [-0.25, -0.2) is 0 Å². The Morgan fingerprint density at radius 1 is 0.733 bits per heavy atom. The third kappa shape index (κ3) is 2.86. The third-order valence-corrected chi connectivity index (χ3v) is 12.0. The smallest absolute Gasteiger partial charge is 0.0577 e. The van der Waals surface area contributed by atoms with Gasteiger partial charge < -0.3 is 10.2 Å². The van der Waals surface area contributed by atoms with Crippen LogP contribution in [0, 0.1) is 58.7 Å². The Labute approximate surface area is 184 Å². The second kappa shape index (κ2) is 7.19. The summed E-state index contributed by atoms with van der Waals surface area (Å²) in [6.45, 7) is 10.3. The molecule has 0 radical (unpaired) electrons. The molecule has 3 nitrogen and oxygen atoms in total. The van der Waals surface area contributed by atoms with Gasteiger partial charge in [0.15, 0.2) is 0 Å². The number of fused-ring (bicyclic) bond motifs is 8. The normalized spacial score (nSPS) is 60.7. The minimum atomic E-state index is -0.181. The minimum absolute atomic E-state index is 0.180. The van der Waals surface area contributed by atoms with E-state index in [2.05, 4.69) is 25.7 Å². The molecule has 30 heavy (non-hydrogen) atoms. The van der Waals surface area contributed by atoms with Crippen LogP contribution in [0.1, 0.15) is 78.6 Å². The Hall–Kier alpha value is -0.120. The van der Waals surface area contributed by atoms with Crippen molar-refractivity contribution in [2.45, 2.75) is 96.8 Å². The average molecular weight is 416 g/mol. The van der Waals surface area contributed by atoms with Crippen LogP contribution in [0.15, 0.2) is 0 Å². The molecule has 2 heterocycles. The van der Waals surface area contributed by atoms with E-state index in [0.717, 1.165) is 79.1 Å². The number of aliphatic hydroxyl groups excluding tert-OH is 2. The molecule has 0 amide bonds. The molecule has 4 aliphatic carbocycles. The number of rotatable bonds is 0. The Kier molecular flexibility index (Phi) is 4.91. The Balaban J connectivity index is 1.28.